The number of rotatable bonds is 9. The molecule has 0 radical (unpaired) electrons. The molecule has 0 saturated heterocycles. The minimum absolute atomic E-state index is 0.0565. The predicted molar refractivity (Wildman–Crippen MR) is 63.6 cm³/mol. The lowest BCUT2D eigenvalue weighted by Gasteiger charge is -2.04. The van der Waals surface area contributed by atoms with Crippen molar-refractivity contribution in [2.75, 3.05) is 31.1 Å². The molecule has 15 heavy (non-hydrogen) atoms. The van der Waals surface area contributed by atoms with Crippen LogP contribution >= 0.6 is 11.8 Å². The molecular weight excluding hydrogens is 210 g/mol. The van der Waals surface area contributed by atoms with Gasteiger partial charge in [-0.25, -0.2) is 0 Å². The topological polar surface area (TPSA) is 64.9 Å². The minimum Gasteiger partial charge on any atom is -0.354 e. The molecule has 0 spiro atoms. The molecule has 0 rings (SSSR count). The van der Waals surface area contributed by atoms with Crippen molar-refractivity contribution in [3.63, 3.8) is 0 Å². The van der Waals surface area contributed by atoms with E-state index in [-0.39, 0.29) is 5.91 Å². The van der Waals surface area contributed by atoms with Crippen molar-refractivity contribution in [3.8, 4) is 6.07 Å². The van der Waals surface area contributed by atoms with Gasteiger partial charge in [-0.2, -0.15) is 17.0 Å². The van der Waals surface area contributed by atoms with E-state index in [1.165, 1.54) is 0 Å². The third kappa shape index (κ3) is 10.9. The first-order valence-electron chi connectivity index (χ1n) is 4.84. The average Bonchev–Trinajstić information content (AvgIpc) is 2.23. The number of thioether (sulfide) groups is 1. The van der Waals surface area contributed by atoms with Gasteiger partial charge in [0.05, 0.1) is 19.0 Å². The molecule has 0 heterocycles. The van der Waals surface area contributed by atoms with Crippen LogP contribution < -0.4 is 10.6 Å². The smallest absolute Gasteiger partial charge is 0.233 e. The molecule has 0 saturated carbocycles. The number of amides is 1. The van der Waals surface area contributed by atoms with Crippen LogP contribution in [0.15, 0.2) is 12.7 Å². The Hall–Kier alpha value is -0.990. The van der Waals surface area contributed by atoms with Crippen LogP contribution in [0.1, 0.15) is 6.42 Å². The number of hydrogen-bond acceptors (Lipinski definition) is 4. The lowest BCUT2D eigenvalue weighted by molar-refractivity contribution is -0.120. The van der Waals surface area contributed by atoms with Gasteiger partial charge < -0.3 is 10.6 Å². The Bertz CT molecular complexity index is 225. The first-order chi connectivity index (χ1) is 7.31. The fourth-order valence-electron chi connectivity index (χ4n) is 0.833. The Morgan fingerprint density at radius 1 is 1.53 bits per heavy atom. The van der Waals surface area contributed by atoms with Gasteiger partial charge in [-0.1, -0.05) is 6.08 Å². The molecule has 2 N–H and O–H groups in total. The van der Waals surface area contributed by atoms with E-state index in [0.29, 0.717) is 19.5 Å². The van der Waals surface area contributed by atoms with E-state index in [1.54, 1.807) is 11.8 Å². The first kappa shape index (κ1) is 14.0. The molecule has 0 fully saturated rings. The molecule has 0 aromatic rings. The standard InChI is InChI=1S/C10H17N3OS/c1-2-7-15-8-6-12-9-10(14)13-5-3-4-11/h2,12H,1,3,5-9H2,(H,13,14). The third-order valence-electron chi connectivity index (χ3n) is 1.50. The third-order valence-corrected chi connectivity index (χ3v) is 2.47. The van der Waals surface area contributed by atoms with Gasteiger partial charge in [0.1, 0.15) is 0 Å². The van der Waals surface area contributed by atoms with Crippen molar-refractivity contribution >= 4 is 17.7 Å². The highest BCUT2D eigenvalue weighted by atomic mass is 32.2. The fourth-order valence-corrected chi connectivity index (χ4v) is 1.46. The number of nitriles is 1. The number of carbonyl (C=O) groups excluding carboxylic acids is 1. The molecule has 0 aliphatic heterocycles. The predicted octanol–water partition coefficient (Wildman–Crippen LogP) is 0.525. The molecule has 0 unspecified atom stereocenters. The monoisotopic (exact) mass is 227 g/mol. The fraction of sp³-hybridized carbons (Fsp3) is 0.600. The SMILES string of the molecule is C=CCSCCNCC(=O)NCCC#N. The molecule has 0 aliphatic carbocycles. The van der Waals surface area contributed by atoms with Crippen LogP contribution in [0.25, 0.3) is 0 Å². The molecule has 0 aromatic carbocycles. The van der Waals surface area contributed by atoms with E-state index in [4.69, 9.17) is 5.26 Å². The molecule has 0 aromatic heterocycles. The molecule has 4 nitrogen and oxygen atoms in total. The summed E-state index contributed by atoms with van der Waals surface area (Å²) in [6.45, 7) is 5.18. The summed E-state index contributed by atoms with van der Waals surface area (Å²) in [5, 5.41) is 13.9. The maximum atomic E-state index is 11.1. The van der Waals surface area contributed by atoms with Crippen LogP contribution in [0.5, 0.6) is 0 Å². The Morgan fingerprint density at radius 2 is 2.33 bits per heavy atom. The van der Waals surface area contributed by atoms with Crippen molar-refractivity contribution in [2.24, 2.45) is 0 Å². The van der Waals surface area contributed by atoms with E-state index in [0.717, 1.165) is 18.1 Å². The lowest BCUT2D eigenvalue weighted by Crippen LogP contribution is -2.35. The summed E-state index contributed by atoms with van der Waals surface area (Å²) in [5.74, 6) is 1.85. The van der Waals surface area contributed by atoms with Crippen molar-refractivity contribution < 1.29 is 4.79 Å². The highest BCUT2D eigenvalue weighted by Crippen LogP contribution is 1.96. The normalized spacial score (nSPS) is 9.27. The molecule has 0 aliphatic rings. The molecule has 0 bridgehead atoms. The van der Waals surface area contributed by atoms with E-state index in [9.17, 15) is 4.79 Å². The Balaban J connectivity index is 3.17. The van der Waals surface area contributed by atoms with Gasteiger partial charge in [-0.15, -0.1) is 6.58 Å². The second-order valence-corrected chi connectivity index (χ2v) is 3.95. The first-order valence-corrected chi connectivity index (χ1v) is 5.99. The summed E-state index contributed by atoms with van der Waals surface area (Å²) in [6, 6.07) is 1.97. The molecule has 0 atom stereocenters. The van der Waals surface area contributed by atoms with Gasteiger partial charge in [0, 0.05) is 24.6 Å². The van der Waals surface area contributed by atoms with E-state index in [1.807, 2.05) is 12.1 Å². The van der Waals surface area contributed by atoms with E-state index >= 15 is 0 Å². The zero-order valence-electron chi connectivity index (χ0n) is 8.79. The summed E-state index contributed by atoms with van der Waals surface area (Å²) >= 11 is 1.77. The van der Waals surface area contributed by atoms with Crippen LogP contribution in [0, 0.1) is 11.3 Å². The zero-order valence-corrected chi connectivity index (χ0v) is 9.61. The van der Waals surface area contributed by atoms with Crippen LogP contribution in [0.4, 0.5) is 0 Å². The lowest BCUT2D eigenvalue weighted by atomic mass is 10.4. The molecule has 5 heteroatoms. The number of nitrogens with zero attached hydrogens (tertiary/aromatic N) is 1. The number of carbonyl (C=O) groups is 1. The maximum absolute atomic E-state index is 11.1. The summed E-state index contributed by atoms with van der Waals surface area (Å²) in [4.78, 5) is 11.1. The van der Waals surface area contributed by atoms with Crippen LogP contribution in [-0.4, -0.2) is 37.0 Å². The Labute approximate surface area is 95.1 Å². The molecule has 84 valence electrons. The van der Waals surface area contributed by atoms with Gasteiger partial charge in [0.15, 0.2) is 0 Å². The quantitative estimate of drug-likeness (QED) is 0.445. The molecule has 1 amide bonds. The summed E-state index contributed by atoms with van der Waals surface area (Å²) in [5.41, 5.74) is 0. The number of hydrogen-bond donors (Lipinski definition) is 2. The molecular formula is C10H17N3OS. The van der Waals surface area contributed by atoms with Crippen LogP contribution in [0.2, 0.25) is 0 Å². The van der Waals surface area contributed by atoms with Gasteiger partial charge in [-0.05, 0) is 0 Å². The van der Waals surface area contributed by atoms with Crippen molar-refractivity contribution in [3.05, 3.63) is 12.7 Å². The van der Waals surface area contributed by atoms with Gasteiger partial charge in [-0.3, -0.25) is 4.79 Å². The van der Waals surface area contributed by atoms with Crippen molar-refractivity contribution in [2.45, 2.75) is 6.42 Å². The van der Waals surface area contributed by atoms with Gasteiger partial charge >= 0.3 is 0 Å². The summed E-state index contributed by atoms with van der Waals surface area (Å²) in [6.07, 6.45) is 2.22. The van der Waals surface area contributed by atoms with Crippen molar-refractivity contribution in [1.82, 2.24) is 10.6 Å². The Morgan fingerprint density at radius 3 is 3.00 bits per heavy atom. The second kappa shape index (κ2) is 11.1. The van der Waals surface area contributed by atoms with Gasteiger partial charge in [0.25, 0.3) is 0 Å². The number of nitrogens with one attached hydrogen (secondary N) is 2. The summed E-state index contributed by atoms with van der Waals surface area (Å²) < 4.78 is 0. The maximum Gasteiger partial charge on any atom is 0.233 e. The van der Waals surface area contributed by atoms with Crippen molar-refractivity contribution in [1.29, 1.82) is 5.26 Å². The van der Waals surface area contributed by atoms with E-state index in [2.05, 4.69) is 17.2 Å². The highest BCUT2D eigenvalue weighted by molar-refractivity contribution is 7.99. The van der Waals surface area contributed by atoms with Crippen LogP contribution in [-0.2, 0) is 4.79 Å². The van der Waals surface area contributed by atoms with Crippen LogP contribution in [0.3, 0.4) is 0 Å². The largest absolute Gasteiger partial charge is 0.354 e. The zero-order chi connectivity index (χ0) is 11.4. The Kier molecular flexibility index (Phi) is 10.4. The van der Waals surface area contributed by atoms with E-state index < -0.39 is 0 Å². The summed E-state index contributed by atoms with van der Waals surface area (Å²) in [7, 11) is 0. The highest BCUT2D eigenvalue weighted by Gasteiger charge is 1.98. The van der Waals surface area contributed by atoms with Gasteiger partial charge in [0.2, 0.25) is 5.91 Å². The second-order valence-electron chi connectivity index (χ2n) is 2.80. The average molecular weight is 227 g/mol. The minimum atomic E-state index is -0.0565.